The highest BCUT2D eigenvalue weighted by Gasteiger charge is 2.45. The van der Waals surface area contributed by atoms with Gasteiger partial charge in [-0.3, -0.25) is 9.59 Å². The highest BCUT2D eigenvalue weighted by molar-refractivity contribution is 5.85. The van der Waals surface area contributed by atoms with Crippen LogP contribution in [0.15, 0.2) is 18.2 Å². The Morgan fingerprint density at radius 1 is 1.24 bits per heavy atom. The third kappa shape index (κ3) is 3.43. The third-order valence-electron chi connectivity index (χ3n) is 4.60. The summed E-state index contributed by atoms with van der Waals surface area (Å²) in [4.78, 5) is 23.2. The second kappa shape index (κ2) is 6.29. The van der Waals surface area contributed by atoms with Crippen LogP contribution in [0.25, 0.3) is 0 Å². The van der Waals surface area contributed by atoms with Gasteiger partial charge in [-0.25, -0.2) is 0 Å². The van der Waals surface area contributed by atoms with Crippen LogP contribution in [0.3, 0.4) is 0 Å². The van der Waals surface area contributed by atoms with Gasteiger partial charge in [0.2, 0.25) is 5.91 Å². The van der Waals surface area contributed by atoms with Crippen LogP contribution in [0.1, 0.15) is 42.4 Å². The van der Waals surface area contributed by atoms with Crippen LogP contribution in [-0.4, -0.2) is 23.5 Å². The summed E-state index contributed by atoms with van der Waals surface area (Å²) in [5, 5.41) is 12.1. The van der Waals surface area contributed by atoms with Crippen LogP contribution in [-0.2, 0) is 16.0 Å². The van der Waals surface area contributed by atoms with Gasteiger partial charge < -0.3 is 10.4 Å². The summed E-state index contributed by atoms with van der Waals surface area (Å²) < 4.78 is 0. The van der Waals surface area contributed by atoms with Crippen molar-refractivity contribution in [2.24, 2.45) is 5.41 Å². The number of carboxylic acids is 1. The van der Waals surface area contributed by atoms with Gasteiger partial charge >= 0.3 is 5.97 Å². The third-order valence-corrected chi connectivity index (χ3v) is 4.60. The molecule has 1 amide bonds. The van der Waals surface area contributed by atoms with E-state index in [1.165, 1.54) is 16.7 Å². The maximum Gasteiger partial charge on any atom is 0.310 e. The molecule has 0 atom stereocenters. The largest absolute Gasteiger partial charge is 0.481 e. The van der Waals surface area contributed by atoms with Crippen LogP contribution in [0.5, 0.6) is 0 Å². The minimum atomic E-state index is -0.835. The molecule has 0 radical (unpaired) electrons. The molecule has 0 spiro atoms. The Balaban J connectivity index is 1.84. The van der Waals surface area contributed by atoms with Gasteiger partial charge in [0.25, 0.3) is 0 Å². The fourth-order valence-corrected chi connectivity index (χ4v) is 3.01. The van der Waals surface area contributed by atoms with Gasteiger partial charge in [0.1, 0.15) is 0 Å². The van der Waals surface area contributed by atoms with Crippen LogP contribution >= 0.6 is 0 Å². The van der Waals surface area contributed by atoms with Crippen LogP contribution in [0, 0.1) is 19.3 Å². The Bertz CT molecular complexity index is 527. The van der Waals surface area contributed by atoms with Crippen molar-refractivity contribution in [2.75, 3.05) is 6.54 Å². The van der Waals surface area contributed by atoms with Gasteiger partial charge in [0, 0.05) is 13.0 Å². The van der Waals surface area contributed by atoms with E-state index >= 15 is 0 Å². The highest BCUT2D eigenvalue weighted by atomic mass is 16.4. The molecule has 1 aromatic carbocycles. The van der Waals surface area contributed by atoms with E-state index < -0.39 is 11.4 Å². The monoisotopic (exact) mass is 289 g/mol. The molecule has 0 heterocycles. The van der Waals surface area contributed by atoms with Crippen molar-refractivity contribution in [3.8, 4) is 0 Å². The van der Waals surface area contributed by atoms with Crippen molar-refractivity contribution in [2.45, 2.75) is 46.0 Å². The van der Waals surface area contributed by atoms with Gasteiger partial charge in [0.15, 0.2) is 0 Å². The van der Waals surface area contributed by atoms with E-state index in [9.17, 15) is 14.7 Å². The molecule has 4 nitrogen and oxygen atoms in total. The summed E-state index contributed by atoms with van der Waals surface area (Å²) >= 11 is 0. The summed E-state index contributed by atoms with van der Waals surface area (Å²) in [5.74, 6) is -0.984. The number of carboxylic acid groups (broad SMARTS) is 1. The van der Waals surface area contributed by atoms with E-state index in [1.807, 2.05) is 6.07 Å². The topological polar surface area (TPSA) is 66.4 Å². The summed E-state index contributed by atoms with van der Waals surface area (Å²) in [6.45, 7) is 4.69. The first-order chi connectivity index (χ1) is 9.94. The number of aliphatic carboxylic acids is 1. The average Bonchev–Trinajstić information content (AvgIpc) is 2.37. The van der Waals surface area contributed by atoms with Gasteiger partial charge in [-0.15, -0.1) is 0 Å². The molecule has 0 bridgehead atoms. The van der Waals surface area contributed by atoms with E-state index in [2.05, 4.69) is 31.3 Å². The lowest BCUT2D eigenvalue weighted by Gasteiger charge is -2.36. The zero-order valence-electron chi connectivity index (χ0n) is 12.7. The zero-order chi connectivity index (χ0) is 15.5. The molecule has 4 heteroatoms. The Morgan fingerprint density at radius 3 is 2.33 bits per heavy atom. The highest BCUT2D eigenvalue weighted by Crippen LogP contribution is 2.44. The van der Waals surface area contributed by atoms with Gasteiger partial charge in [-0.1, -0.05) is 24.6 Å². The predicted octanol–water partition coefficient (Wildman–Crippen LogP) is 2.61. The predicted molar refractivity (Wildman–Crippen MR) is 81.2 cm³/mol. The number of benzene rings is 1. The van der Waals surface area contributed by atoms with Crippen LogP contribution in [0.2, 0.25) is 0 Å². The molecular formula is C17H23NO3. The van der Waals surface area contributed by atoms with Gasteiger partial charge in [-0.2, -0.15) is 0 Å². The lowest BCUT2D eigenvalue weighted by Crippen LogP contribution is -2.42. The first kappa shape index (κ1) is 15.5. The van der Waals surface area contributed by atoms with Crippen molar-refractivity contribution in [3.63, 3.8) is 0 Å². The van der Waals surface area contributed by atoms with Crippen molar-refractivity contribution < 1.29 is 14.7 Å². The number of hydrogen-bond donors (Lipinski definition) is 2. The number of amides is 1. The number of hydrogen-bond acceptors (Lipinski definition) is 2. The number of carbonyl (C=O) groups is 2. The Hall–Kier alpha value is -1.84. The summed E-state index contributed by atoms with van der Waals surface area (Å²) in [6, 6.07) is 6.16. The second-order valence-corrected chi connectivity index (χ2v) is 6.09. The molecule has 1 saturated carbocycles. The van der Waals surface area contributed by atoms with Gasteiger partial charge in [0.05, 0.1) is 5.41 Å². The standard InChI is InChI=1S/C17H23NO3/c1-12-5-3-6-13(2)14(12)7-10-18-15(19)11-17(16(20)21)8-4-9-17/h3,5-6H,4,7-11H2,1-2H3,(H,18,19)(H,20,21). The molecule has 1 aliphatic carbocycles. The minimum Gasteiger partial charge on any atom is -0.481 e. The smallest absolute Gasteiger partial charge is 0.310 e. The normalized spacial score (nSPS) is 16.1. The van der Waals surface area contributed by atoms with E-state index in [0.717, 1.165) is 12.8 Å². The Morgan fingerprint density at radius 2 is 1.86 bits per heavy atom. The number of rotatable bonds is 6. The van der Waals surface area contributed by atoms with E-state index in [4.69, 9.17) is 0 Å². The van der Waals surface area contributed by atoms with Crippen LogP contribution in [0.4, 0.5) is 0 Å². The van der Waals surface area contributed by atoms with E-state index in [0.29, 0.717) is 19.4 Å². The van der Waals surface area contributed by atoms with Crippen molar-refractivity contribution in [1.29, 1.82) is 0 Å². The second-order valence-electron chi connectivity index (χ2n) is 6.09. The van der Waals surface area contributed by atoms with Crippen molar-refractivity contribution in [1.82, 2.24) is 5.32 Å². The summed E-state index contributed by atoms with van der Waals surface area (Å²) in [7, 11) is 0. The molecule has 1 aromatic rings. The first-order valence-electron chi connectivity index (χ1n) is 7.50. The molecule has 2 rings (SSSR count). The lowest BCUT2D eigenvalue weighted by molar-refractivity contribution is -0.157. The molecule has 2 N–H and O–H groups in total. The van der Waals surface area contributed by atoms with Crippen molar-refractivity contribution in [3.05, 3.63) is 34.9 Å². The quantitative estimate of drug-likeness (QED) is 0.846. The Labute approximate surface area is 125 Å². The fraction of sp³-hybridized carbons (Fsp3) is 0.529. The molecule has 21 heavy (non-hydrogen) atoms. The zero-order valence-corrected chi connectivity index (χ0v) is 12.7. The van der Waals surface area contributed by atoms with E-state index in [1.54, 1.807) is 0 Å². The Kier molecular flexibility index (Phi) is 4.66. The van der Waals surface area contributed by atoms with E-state index in [-0.39, 0.29) is 12.3 Å². The molecule has 0 unspecified atom stereocenters. The maximum absolute atomic E-state index is 11.9. The van der Waals surface area contributed by atoms with Gasteiger partial charge in [-0.05, 0) is 49.8 Å². The number of aryl methyl sites for hydroxylation is 2. The molecular weight excluding hydrogens is 266 g/mol. The minimum absolute atomic E-state index is 0.106. The maximum atomic E-state index is 11.9. The first-order valence-corrected chi connectivity index (χ1v) is 7.50. The summed E-state index contributed by atoms with van der Waals surface area (Å²) in [6.07, 6.45) is 3.03. The SMILES string of the molecule is Cc1cccc(C)c1CCNC(=O)CC1(C(=O)O)CCC1. The average molecular weight is 289 g/mol. The molecule has 1 fully saturated rings. The molecule has 0 saturated heterocycles. The lowest BCUT2D eigenvalue weighted by atomic mass is 9.66. The molecule has 114 valence electrons. The molecule has 0 aliphatic heterocycles. The number of nitrogens with one attached hydrogen (secondary N) is 1. The van der Waals surface area contributed by atoms with Crippen molar-refractivity contribution >= 4 is 11.9 Å². The fourth-order valence-electron chi connectivity index (χ4n) is 3.01. The van der Waals surface area contributed by atoms with Crippen LogP contribution < -0.4 is 5.32 Å². The molecule has 1 aliphatic rings. The summed E-state index contributed by atoms with van der Waals surface area (Å²) in [5.41, 5.74) is 2.91. The number of carbonyl (C=O) groups excluding carboxylic acids is 1. The molecule has 0 aromatic heterocycles.